The zero-order chi connectivity index (χ0) is 22.1. The Labute approximate surface area is 179 Å². The van der Waals surface area contributed by atoms with Crippen molar-refractivity contribution in [2.45, 2.75) is 37.4 Å². The molecule has 0 aromatic heterocycles. The highest BCUT2D eigenvalue weighted by molar-refractivity contribution is 7.80. The number of carbonyl (C=O) groups is 4. The minimum absolute atomic E-state index is 0.0491. The van der Waals surface area contributed by atoms with Crippen molar-refractivity contribution in [1.82, 2.24) is 21.3 Å². The van der Waals surface area contributed by atoms with Crippen molar-refractivity contribution in [1.29, 1.82) is 0 Å². The van der Waals surface area contributed by atoms with E-state index in [2.05, 4.69) is 33.9 Å². The lowest BCUT2D eigenvalue weighted by atomic mass is 10.0. The SMILES string of the molecule is O=C(CNC(=O)C1CCCN1)NC(Cc1ccc(O)cc1)C(=O)NC(CS)C(=O)O. The number of carbonyl (C=O) groups excluding carboxylic acids is 3. The number of thiol groups is 1. The summed E-state index contributed by atoms with van der Waals surface area (Å²) in [6.07, 6.45) is 1.64. The van der Waals surface area contributed by atoms with Gasteiger partial charge in [-0.2, -0.15) is 12.6 Å². The molecule has 0 aliphatic carbocycles. The number of aromatic hydroxyl groups is 1. The van der Waals surface area contributed by atoms with Crippen LogP contribution in [-0.4, -0.2) is 70.9 Å². The van der Waals surface area contributed by atoms with Gasteiger partial charge in [-0.15, -0.1) is 0 Å². The van der Waals surface area contributed by atoms with Crippen molar-refractivity contribution in [3.8, 4) is 5.75 Å². The molecule has 0 spiro atoms. The number of carboxylic acid groups (broad SMARTS) is 1. The zero-order valence-corrected chi connectivity index (χ0v) is 17.2. The molecule has 1 aliphatic heterocycles. The van der Waals surface area contributed by atoms with E-state index < -0.39 is 29.9 Å². The summed E-state index contributed by atoms with van der Waals surface area (Å²) in [6, 6.07) is 3.42. The number of phenols is 1. The quantitative estimate of drug-likeness (QED) is 0.226. The van der Waals surface area contributed by atoms with Crippen molar-refractivity contribution in [2.24, 2.45) is 0 Å². The van der Waals surface area contributed by atoms with Crippen LogP contribution in [-0.2, 0) is 25.6 Å². The molecule has 1 aliphatic rings. The van der Waals surface area contributed by atoms with Crippen LogP contribution in [0.15, 0.2) is 24.3 Å². The maximum Gasteiger partial charge on any atom is 0.327 e. The largest absolute Gasteiger partial charge is 0.508 e. The Hall–Kier alpha value is -2.79. The second-order valence-electron chi connectivity index (χ2n) is 6.94. The first-order chi connectivity index (χ1) is 14.3. The number of rotatable bonds is 10. The van der Waals surface area contributed by atoms with Crippen molar-refractivity contribution >= 4 is 36.3 Å². The van der Waals surface area contributed by atoms with E-state index in [4.69, 9.17) is 5.11 Å². The molecule has 0 radical (unpaired) electrons. The summed E-state index contributed by atoms with van der Waals surface area (Å²) in [6.45, 7) is 0.431. The molecular weight excluding hydrogens is 412 g/mol. The highest BCUT2D eigenvalue weighted by Crippen LogP contribution is 2.12. The second kappa shape index (κ2) is 11.4. The van der Waals surface area contributed by atoms with E-state index in [-0.39, 0.29) is 36.4 Å². The third-order valence-electron chi connectivity index (χ3n) is 4.63. The molecule has 0 saturated carbocycles. The molecule has 10 nitrogen and oxygen atoms in total. The van der Waals surface area contributed by atoms with Gasteiger partial charge in [0.15, 0.2) is 0 Å². The highest BCUT2D eigenvalue weighted by atomic mass is 32.1. The lowest BCUT2D eigenvalue weighted by molar-refractivity contribution is -0.141. The molecule has 2 rings (SSSR count). The van der Waals surface area contributed by atoms with Crippen molar-refractivity contribution in [3.05, 3.63) is 29.8 Å². The highest BCUT2D eigenvalue weighted by Gasteiger charge is 2.27. The number of phenolic OH excluding ortho intramolecular Hbond substituents is 1. The smallest absolute Gasteiger partial charge is 0.327 e. The minimum atomic E-state index is -1.25. The van der Waals surface area contributed by atoms with Crippen LogP contribution in [0.3, 0.4) is 0 Å². The van der Waals surface area contributed by atoms with E-state index in [0.29, 0.717) is 12.0 Å². The molecule has 1 heterocycles. The van der Waals surface area contributed by atoms with Gasteiger partial charge >= 0.3 is 5.97 Å². The minimum Gasteiger partial charge on any atom is -0.508 e. The van der Waals surface area contributed by atoms with E-state index in [9.17, 15) is 24.3 Å². The van der Waals surface area contributed by atoms with E-state index in [0.717, 1.165) is 13.0 Å². The molecule has 30 heavy (non-hydrogen) atoms. The number of amides is 3. The van der Waals surface area contributed by atoms with Gasteiger partial charge in [0.1, 0.15) is 17.8 Å². The van der Waals surface area contributed by atoms with Gasteiger partial charge in [-0.25, -0.2) is 4.79 Å². The molecule has 6 N–H and O–H groups in total. The average molecular weight is 439 g/mol. The van der Waals surface area contributed by atoms with Crippen molar-refractivity contribution < 1.29 is 29.4 Å². The Kier molecular flexibility index (Phi) is 8.93. The van der Waals surface area contributed by atoms with Gasteiger partial charge in [0.25, 0.3) is 0 Å². The van der Waals surface area contributed by atoms with Crippen LogP contribution in [0.1, 0.15) is 18.4 Å². The van der Waals surface area contributed by atoms with Gasteiger partial charge in [0.05, 0.1) is 12.6 Å². The molecule has 3 unspecified atom stereocenters. The molecule has 11 heteroatoms. The van der Waals surface area contributed by atoms with Crippen LogP contribution < -0.4 is 21.3 Å². The average Bonchev–Trinajstić information content (AvgIpc) is 3.26. The van der Waals surface area contributed by atoms with Crippen molar-refractivity contribution in [2.75, 3.05) is 18.8 Å². The molecule has 3 atom stereocenters. The number of hydrogen-bond acceptors (Lipinski definition) is 7. The standard InChI is InChI=1S/C19H26N4O6S/c24-12-5-3-11(4-6-12)8-14(18(27)23-15(10-30)19(28)29)22-16(25)9-21-17(26)13-2-1-7-20-13/h3-6,13-15,20,24,30H,1-2,7-10H2,(H,21,26)(H,22,25)(H,23,27)(H,28,29). The summed E-state index contributed by atoms with van der Waals surface area (Å²) in [4.78, 5) is 48.1. The molecular formula is C19H26N4O6S. The first kappa shape index (κ1) is 23.5. The Morgan fingerprint density at radius 3 is 2.40 bits per heavy atom. The number of nitrogens with one attached hydrogen (secondary N) is 4. The third kappa shape index (κ3) is 7.23. The number of carboxylic acids is 1. The number of hydrogen-bond donors (Lipinski definition) is 7. The van der Waals surface area contributed by atoms with E-state index in [1.54, 1.807) is 12.1 Å². The van der Waals surface area contributed by atoms with E-state index >= 15 is 0 Å². The first-order valence-electron chi connectivity index (χ1n) is 9.52. The Morgan fingerprint density at radius 1 is 1.13 bits per heavy atom. The van der Waals surface area contributed by atoms with Crippen LogP contribution in [0.4, 0.5) is 0 Å². The fraction of sp³-hybridized carbons (Fsp3) is 0.474. The fourth-order valence-corrected chi connectivity index (χ4v) is 3.23. The van der Waals surface area contributed by atoms with Gasteiger partial charge in [-0.05, 0) is 37.1 Å². The molecule has 1 aromatic carbocycles. The second-order valence-corrected chi connectivity index (χ2v) is 7.30. The Bertz CT molecular complexity index is 767. The maximum absolute atomic E-state index is 12.6. The van der Waals surface area contributed by atoms with Gasteiger partial charge in [-0.1, -0.05) is 12.1 Å². The van der Waals surface area contributed by atoms with Crippen LogP contribution >= 0.6 is 12.6 Å². The summed E-state index contributed by atoms with van der Waals surface area (Å²) < 4.78 is 0. The topological polar surface area (TPSA) is 157 Å². The summed E-state index contributed by atoms with van der Waals surface area (Å²) >= 11 is 3.91. The summed E-state index contributed by atoms with van der Waals surface area (Å²) in [5, 5.41) is 28.9. The van der Waals surface area contributed by atoms with Crippen LogP contribution in [0.5, 0.6) is 5.75 Å². The molecule has 1 saturated heterocycles. The summed E-state index contributed by atoms with van der Waals surface area (Å²) in [7, 11) is 0. The lowest BCUT2D eigenvalue weighted by Gasteiger charge is -2.21. The molecule has 1 aromatic rings. The molecule has 1 fully saturated rings. The molecule has 3 amide bonds. The summed E-state index contributed by atoms with van der Waals surface area (Å²) in [5.74, 6) is -2.88. The van der Waals surface area contributed by atoms with E-state index in [1.807, 2.05) is 0 Å². The fourth-order valence-electron chi connectivity index (χ4n) is 2.98. The van der Waals surface area contributed by atoms with Gasteiger partial charge in [-0.3, -0.25) is 14.4 Å². The number of benzene rings is 1. The van der Waals surface area contributed by atoms with Gasteiger partial charge < -0.3 is 31.5 Å². The molecule has 164 valence electrons. The van der Waals surface area contributed by atoms with Crippen LogP contribution in [0.2, 0.25) is 0 Å². The van der Waals surface area contributed by atoms with Crippen LogP contribution in [0.25, 0.3) is 0 Å². The Balaban J connectivity index is 2.00. The van der Waals surface area contributed by atoms with E-state index in [1.165, 1.54) is 12.1 Å². The lowest BCUT2D eigenvalue weighted by Crippen LogP contribution is -2.54. The van der Waals surface area contributed by atoms with Gasteiger partial charge in [0.2, 0.25) is 17.7 Å². The first-order valence-corrected chi connectivity index (χ1v) is 10.2. The monoisotopic (exact) mass is 438 g/mol. The predicted molar refractivity (Wildman–Crippen MR) is 111 cm³/mol. The maximum atomic E-state index is 12.6. The third-order valence-corrected chi connectivity index (χ3v) is 4.99. The zero-order valence-electron chi connectivity index (χ0n) is 16.3. The normalized spacial score (nSPS) is 17.6. The number of aliphatic carboxylic acids is 1. The molecule has 0 bridgehead atoms. The summed E-state index contributed by atoms with van der Waals surface area (Å²) in [5.41, 5.74) is 0.644. The van der Waals surface area contributed by atoms with Crippen LogP contribution in [0, 0.1) is 0 Å². The van der Waals surface area contributed by atoms with Gasteiger partial charge in [0, 0.05) is 12.2 Å². The predicted octanol–water partition coefficient (Wildman–Crippen LogP) is -1.21. The van der Waals surface area contributed by atoms with Crippen molar-refractivity contribution in [3.63, 3.8) is 0 Å². The Morgan fingerprint density at radius 2 is 1.83 bits per heavy atom.